The molecule has 2 aliphatic rings. The number of aryl methyl sites for hydroxylation is 1. The molecule has 1 saturated heterocycles. The molecule has 0 radical (unpaired) electrons. The molecule has 0 spiro atoms. The predicted octanol–water partition coefficient (Wildman–Crippen LogP) is 3.96. The molecule has 2 fully saturated rings. The van der Waals surface area contributed by atoms with Gasteiger partial charge in [-0.2, -0.15) is 0 Å². The van der Waals surface area contributed by atoms with Crippen molar-refractivity contribution in [3.63, 3.8) is 0 Å². The quantitative estimate of drug-likeness (QED) is 0.719. The number of carbonyl (C=O) groups is 1. The number of imidazole rings is 1. The van der Waals surface area contributed by atoms with E-state index in [1.807, 2.05) is 23.1 Å². The Morgan fingerprint density at radius 2 is 1.77 bits per heavy atom. The highest BCUT2D eigenvalue weighted by atomic mass is 16.2. The molecule has 5 nitrogen and oxygen atoms in total. The second-order valence-corrected chi connectivity index (χ2v) is 7.57. The van der Waals surface area contributed by atoms with Crippen LogP contribution in [0.4, 0.5) is 0 Å². The predicted molar refractivity (Wildman–Crippen MR) is 101 cm³/mol. The maximum atomic E-state index is 13.0. The molecule has 0 atom stereocenters. The van der Waals surface area contributed by atoms with Gasteiger partial charge in [0.05, 0.1) is 11.0 Å². The van der Waals surface area contributed by atoms with Crippen LogP contribution in [0.15, 0.2) is 42.6 Å². The van der Waals surface area contributed by atoms with E-state index in [9.17, 15) is 4.79 Å². The van der Waals surface area contributed by atoms with Gasteiger partial charge in [-0.05, 0) is 56.9 Å². The van der Waals surface area contributed by atoms with Gasteiger partial charge in [-0.3, -0.25) is 4.79 Å². The molecule has 0 unspecified atom stereocenters. The number of nitrogens with zero attached hydrogens (tertiary/aromatic N) is 4. The van der Waals surface area contributed by atoms with Crippen molar-refractivity contribution >= 4 is 16.9 Å². The molecule has 1 saturated carbocycles. The van der Waals surface area contributed by atoms with E-state index in [0.29, 0.717) is 12.1 Å². The summed E-state index contributed by atoms with van der Waals surface area (Å²) in [5, 5.41) is 0. The van der Waals surface area contributed by atoms with Crippen LogP contribution in [-0.2, 0) is 0 Å². The third kappa shape index (κ3) is 2.54. The summed E-state index contributed by atoms with van der Waals surface area (Å²) in [6.45, 7) is 3.70. The van der Waals surface area contributed by atoms with Crippen molar-refractivity contribution in [1.29, 1.82) is 0 Å². The molecule has 134 valence electrons. The molecule has 26 heavy (non-hydrogen) atoms. The van der Waals surface area contributed by atoms with Gasteiger partial charge >= 0.3 is 0 Å². The van der Waals surface area contributed by atoms with E-state index in [0.717, 1.165) is 43.0 Å². The van der Waals surface area contributed by atoms with Crippen LogP contribution < -0.4 is 0 Å². The molecule has 2 aromatic heterocycles. The highest BCUT2D eigenvalue weighted by molar-refractivity contribution is 5.93. The second kappa shape index (κ2) is 6.01. The van der Waals surface area contributed by atoms with E-state index in [4.69, 9.17) is 4.98 Å². The first kappa shape index (κ1) is 15.7. The molecule has 1 amide bonds. The van der Waals surface area contributed by atoms with Crippen LogP contribution in [0.25, 0.3) is 11.0 Å². The number of hydrogen-bond donors (Lipinski definition) is 0. The maximum Gasteiger partial charge on any atom is 0.270 e. The SMILES string of the molecule is Cc1nc2ccccc2n1C1CCN(C(=O)c2cccn2C2CC2)CC1. The van der Waals surface area contributed by atoms with Crippen LogP contribution in [0.2, 0.25) is 0 Å². The van der Waals surface area contributed by atoms with Crippen LogP contribution in [-0.4, -0.2) is 38.0 Å². The lowest BCUT2D eigenvalue weighted by molar-refractivity contribution is 0.0684. The summed E-state index contributed by atoms with van der Waals surface area (Å²) in [4.78, 5) is 19.7. The number of hydrogen-bond acceptors (Lipinski definition) is 2. The molecule has 1 aromatic carbocycles. The number of carbonyl (C=O) groups excluding carboxylic acids is 1. The minimum absolute atomic E-state index is 0.188. The highest BCUT2D eigenvalue weighted by Gasteiger charge is 2.31. The minimum Gasteiger partial charge on any atom is -0.340 e. The summed E-state index contributed by atoms with van der Waals surface area (Å²) in [7, 11) is 0. The first-order valence-corrected chi connectivity index (χ1v) is 9.62. The molecular formula is C21H24N4O. The zero-order valence-corrected chi connectivity index (χ0v) is 15.1. The van der Waals surface area contributed by atoms with Crippen LogP contribution in [0, 0.1) is 6.92 Å². The van der Waals surface area contributed by atoms with E-state index in [-0.39, 0.29) is 5.91 Å². The van der Waals surface area contributed by atoms with Crippen molar-refractivity contribution in [2.24, 2.45) is 0 Å². The van der Waals surface area contributed by atoms with Crippen molar-refractivity contribution < 1.29 is 4.79 Å². The lowest BCUT2D eigenvalue weighted by Gasteiger charge is -2.33. The van der Waals surface area contributed by atoms with Crippen LogP contribution >= 0.6 is 0 Å². The van der Waals surface area contributed by atoms with Gasteiger partial charge in [0.2, 0.25) is 0 Å². The average molecular weight is 348 g/mol. The Morgan fingerprint density at radius 1 is 1.00 bits per heavy atom. The van der Waals surface area contributed by atoms with Crippen LogP contribution in [0.5, 0.6) is 0 Å². The number of likely N-dealkylation sites (tertiary alicyclic amines) is 1. The van der Waals surface area contributed by atoms with Crippen molar-refractivity contribution in [1.82, 2.24) is 19.0 Å². The summed E-state index contributed by atoms with van der Waals surface area (Å²) in [6, 6.07) is 13.3. The summed E-state index contributed by atoms with van der Waals surface area (Å²) in [5.41, 5.74) is 3.12. The largest absolute Gasteiger partial charge is 0.340 e. The van der Waals surface area contributed by atoms with Crippen LogP contribution in [0.1, 0.15) is 54.1 Å². The molecule has 3 heterocycles. The first-order chi connectivity index (χ1) is 12.7. The number of rotatable bonds is 3. The molecule has 0 bridgehead atoms. The number of aromatic nitrogens is 3. The van der Waals surface area contributed by atoms with E-state index in [2.05, 4.69) is 40.5 Å². The topological polar surface area (TPSA) is 43.1 Å². The van der Waals surface area contributed by atoms with E-state index >= 15 is 0 Å². The third-order valence-electron chi connectivity index (χ3n) is 5.83. The standard InChI is InChI=1S/C21H24N4O/c1-15-22-18-5-2-3-6-19(18)25(15)17-10-13-23(14-11-17)21(26)20-7-4-12-24(20)16-8-9-16/h2-7,12,16-17H,8-11,13-14H2,1H3. The Bertz CT molecular complexity index is 957. The smallest absolute Gasteiger partial charge is 0.270 e. The van der Waals surface area contributed by atoms with Crippen molar-refractivity contribution in [3.05, 3.63) is 54.1 Å². The van der Waals surface area contributed by atoms with Gasteiger partial charge in [-0.1, -0.05) is 12.1 Å². The van der Waals surface area contributed by atoms with E-state index in [1.165, 1.54) is 18.4 Å². The molecule has 1 aliphatic carbocycles. The monoisotopic (exact) mass is 348 g/mol. The average Bonchev–Trinajstić information content (AvgIpc) is 3.29. The molecular weight excluding hydrogens is 324 g/mol. The van der Waals surface area contributed by atoms with Gasteiger partial charge in [-0.25, -0.2) is 4.98 Å². The molecule has 5 heteroatoms. The van der Waals surface area contributed by atoms with Crippen molar-refractivity contribution in [2.75, 3.05) is 13.1 Å². The summed E-state index contributed by atoms with van der Waals surface area (Å²) < 4.78 is 4.53. The zero-order valence-electron chi connectivity index (χ0n) is 15.1. The fourth-order valence-electron chi connectivity index (χ4n) is 4.36. The molecule has 0 N–H and O–H groups in total. The van der Waals surface area contributed by atoms with Gasteiger partial charge in [0, 0.05) is 31.4 Å². The molecule has 1 aliphatic heterocycles. The Balaban J connectivity index is 1.33. The Morgan fingerprint density at radius 3 is 2.54 bits per heavy atom. The normalized spacial score (nSPS) is 18.6. The molecule has 3 aromatic rings. The summed E-state index contributed by atoms with van der Waals surface area (Å²) in [5.74, 6) is 1.26. The Hall–Kier alpha value is -2.56. The van der Waals surface area contributed by atoms with Crippen molar-refractivity contribution in [2.45, 2.75) is 44.7 Å². The van der Waals surface area contributed by atoms with Crippen LogP contribution in [0.3, 0.4) is 0 Å². The number of para-hydroxylation sites is 2. The lowest BCUT2D eigenvalue weighted by atomic mass is 10.0. The summed E-state index contributed by atoms with van der Waals surface area (Å²) in [6.07, 6.45) is 6.42. The Labute approximate surface area is 153 Å². The second-order valence-electron chi connectivity index (χ2n) is 7.57. The lowest BCUT2D eigenvalue weighted by Crippen LogP contribution is -2.40. The zero-order chi connectivity index (χ0) is 17.7. The van der Waals surface area contributed by atoms with Gasteiger partial charge in [-0.15, -0.1) is 0 Å². The number of piperidine rings is 1. The fraction of sp³-hybridized carbons (Fsp3) is 0.429. The summed E-state index contributed by atoms with van der Waals surface area (Å²) >= 11 is 0. The number of amides is 1. The highest BCUT2D eigenvalue weighted by Crippen LogP contribution is 2.36. The number of benzene rings is 1. The first-order valence-electron chi connectivity index (χ1n) is 9.62. The fourth-order valence-corrected chi connectivity index (χ4v) is 4.36. The van der Waals surface area contributed by atoms with Gasteiger partial charge in [0.1, 0.15) is 11.5 Å². The van der Waals surface area contributed by atoms with E-state index < -0.39 is 0 Å². The van der Waals surface area contributed by atoms with Gasteiger partial charge < -0.3 is 14.0 Å². The van der Waals surface area contributed by atoms with Crippen molar-refractivity contribution in [3.8, 4) is 0 Å². The van der Waals surface area contributed by atoms with Gasteiger partial charge in [0.15, 0.2) is 0 Å². The molecule has 5 rings (SSSR count). The van der Waals surface area contributed by atoms with E-state index in [1.54, 1.807) is 0 Å². The number of fused-ring (bicyclic) bond motifs is 1. The maximum absolute atomic E-state index is 13.0. The third-order valence-corrected chi connectivity index (χ3v) is 5.83. The van der Waals surface area contributed by atoms with Gasteiger partial charge in [0.25, 0.3) is 5.91 Å². The minimum atomic E-state index is 0.188. The Kier molecular flexibility index (Phi) is 3.62.